The number of hydrogen-bond acceptors (Lipinski definition) is 5. The summed E-state index contributed by atoms with van der Waals surface area (Å²) in [6, 6.07) is 15.8. The van der Waals surface area contributed by atoms with Gasteiger partial charge in [-0.2, -0.15) is 4.68 Å². The van der Waals surface area contributed by atoms with Gasteiger partial charge in [-0.25, -0.2) is 4.98 Å². The van der Waals surface area contributed by atoms with Crippen molar-refractivity contribution in [2.75, 3.05) is 18.5 Å². The van der Waals surface area contributed by atoms with Crippen LogP contribution in [0, 0.1) is 0 Å². The smallest absolute Gasteiger partial charge is 0.155 e. The molecule has 130 valence electrons. The quantitative estimate of drug-likeness (QED) is 0.548. The molecule has 0 aliphatic heterocycles. The predicted molar refractivity (Wildman–Crippen MR) is 104 cm³/mol. The van der Waals surface area contributed by atoms with Gasteiger partial charge in [-0.15, -0.1) is 5.10 Å². The Morgan fingerprint density at radius 3 is 2.58 bits per heavy atom. The van der Waals surface area contributed by atoms with Crippen molar-refractivity contribution >= 4 is 28.3 Å². The van der Waals surface area contributed by atoms with Crippen molar-refractivity contribution in [2.45, 2.75) is 6.92 Å². The van der Waals surface area contributed by atoms with Gasteiger partial charge in [0.1, 0.15) is 12.0 Å². The summed E-state index contributed by atoms with van der Waals surface area (Å²) in [5.41, 5.74) is 3.59. The third kappa shape index (κ3) is 2.68. The fourth-order valence-electron chi connectivity index (χ4n) is 3.02. The Morgan fingerprint density at radius 2 is 1.85 bits per heavy atom. The van der Waals surface area contributed by atoms with Crippen molar-refractivity contribution in [3.63, 3.8) is 0 Å². The van der Waals surface area contributed by atoms with E-state index in [9.17, 15) is 0 Å². The van der Waals surface area contributed by atoms with Crippen molar-refractivity contribution in [3.8, 4) is 16.8 Å². The van der Waals surface area contributed by atoms with Crippen molar-refractivity contribution < 1.29 is 0 Å². The standard InChI is InChI=1S/C19H17ClN6/c1-3-25(2)19-18(26-12-21-23-24-26)17(13-8-4-6-10-15(13)20)14-9-5-7-11-16(14)22-19/h4-12H,3H2,1-2H3. The highest BCUT2D eigenvalue weighted by Crippen LogP contribution is 2.41. The lowest BCUT2D eigenvalue weighted by Gasteiger charge is -2.23. The van der Waals surface area contributed by atoms with Crippen LogP contribution in [0.5, 0.6) is 0 Å². The minimum Gasteiger partial charge on any atom is -0.358 e. The Balaban J connectivity index is 2.19. The number of pyridine rings is 1. The zero-order chi connectivity index (χ0) is 18.1. The van der Waals surface area contributed by atoms with E-state index < -0.39 is 0 Å². The Morgan fingerprint density at radius 1 is 1.08 bits per heavy atom. The number of para-hydroxylation sites is 1. The number of aromatic nitrogens is 5. The second-order valence-electron chi connectivity index (χ2n) is 5.92. The average Bonchev–Trinajstić information content (AvgIpc) is 3.21. The van der Waals surface area contributed by atoms with Gasteiger partial charge in [-0.3, -0.25) is 0 Å². The van der Waals surface area contributed by atoms with E-state index in [0.29, 0.717) is 5.02 Å². The number of halogens is 1. The molecule has 4 aromatic rings. The minimum atomic E-state index is 0.670. The van der Waals surface area contributed by atoms with Gasteiger partial charge in [-0.1, -0.05) is 48.0 Å². The van der Waals surface area contributed by atoms with Crippen molar-refractivity contribution in [1.29, 1.82) is 0 Å². The molecule has 0 unspecified atom stereocenters. The number of fused-ring (bicyclic) bond motifs is 1. The van der Waals surface area contributed by atoms with Crippen LogP contribution < -0.4 is 4.90 Å². The number of rotatable bonds is 4. The van der Waals surface area contributed by atoms with E-state index in [0.717, 1.165) is 40.1 Å². The lowest BCUT2D eigenvalue weighted by atomic mass is 9.98. The Bertz CT molecular complexity index is 1060. The fourth-order valence-corrected chi connectivity index (χ4v) is 3.25. The van der Waals surface area contributed by atoms with E-state index in [4.69, 9.17) is 16.6 Å². The first-order valence-electron chi connectivity index (χ1n) is 8.33. The van der Waals surface area contributed by atoms with Gasteiger partial charge in [0.25, 0.3) is 0 Å². The minimum absolute atomic E-state index is 0.670. The first kappa shape index (κ1) is 16.5. The van der Waals surface area contributed by atoms with Crippen LogP contribution in [-0.4, -0.2) is 38.8 Å². The van der Waals surface area contributed by atoms with E-state index in [1.165, 1.54) is 0 Å². The molecule has 0 bridgehead atoms. The maximum atomic E-state index is 6.56. The maximum Gasteiger partial charge on any atom is 0.155 e. The highest BCUT2D eigenvalue weighted by atomic mass is 35.5. The Hall–Kier alpha value is -2.99. The topological polar surface area (TPSA) is 59.7 Å². The molecule has 0 radical (unpaired) electrons. The zero-order valence-corrected chi connectivity index (χ0v) is 15.2. The van der Waals surface area contributed by atoms with E-state index in [-0.39, 0.29) is 0 Å². The summed E-state index contributed by atoms with van der Waals surface area (Å²) in [5, 5.41) is 13.4. The summed E-state index contributed by atoms with van der Waals surface area (Å²) in [6.07, 6.45) is 1.58. The number of hydrogen-bond donors (Lipinski definition) is 0. The highest BCUT2D eigenvalue weighted by Gasteiger charge is 2.22. The molecule has 0 aliphatic rings. The van der Waals surface area contributed by atoms with Gasteiger partial charge in [0.05, 0.1) is 5.52 Å². The fraction of sp³-hybridized carbons (Fsp3) is 0.158. The number of benzene rings is 2. The summed E-state index contributed by atoms with van der Waals surface area (Å²) in [7, 11) is 2.00. The van der Waals surface area contributed by atoms with E-state index >= 15 is 0 Å². The monoisotopic (exact) mass is 364 g/mol. The molecule has 2 aromatic heterocycles. The van der Waals surface area contributed by atoms with Gasteiger partial charge in [0.2, 0.25) is 0 Å². The van der Waals surface area contributed by atoms with Crippen LogP contribution in [0.25, 0.3) is 27.7 Å². The third-order valence-electron chi connectivity index (χ3n) is 4.41. The van der Waals surface area contributed by atoms with Crippen molar-refractivity contribution in [2.24, 2.45) is 0 Å². The van der Waals surface area contributed by atoms with Crippen molar-refractivity contribution in [1.82, 2.24) is 25.2 Å². The molecule has 0 atom stereocenters. The lowest BCUT2D eigenvalue weighted by Crippen LogP contribution is -2.20. The number of anilines is 1. The van der Waals surface area contributed by atoms with Crippen LogP contribution in [0.1, 0.15) is 6.92 Å². The molecule has 2 aromatic carbocycles. The van der Waals surface area contributed by atoms with Crippen LogP contribution in [0.15, 0.2) is 54.9 Å². The predicted octanol–water partition coefficient (Wildman–Crippen LogP) is 3.99. The van der Waals surface area contributed by atoms with Crippen molar-refractivity contribution in [3.05, 3.63) is 59.9 Å². The first-order valence-corrected chi connectivity index (χ1v) is 8.70. The molecule has 4 rings (SSSR count). The summed E-state index contributed by atoms with van der Waals surface area (Å²) in [5.74, 6) is 0.799. The molecular weight excluding hydrogens is 348 g/mol. The molecule has 7 heteroatoms. The van der Waals surface area contributed by atoms with Crippen LogP contribution in [-0.2, 0) is 0 Å². The van der Waals surface area contributed by atoms with E-state index in [1.807, 2.05) is 55.6 Å². The molecule has 0 spiro atoms. The summed E-state index contributed by atoms with van der Waals surface area (Å²) < 4.78 is 1.65. The second kappa shape index (κ2) is 6.72. The second-order valence-corrected chi connectivity index (χ2v) is 6.33. The van der Waals surface area contributed by atoms with Crippen LogP contribution >= 0.6 is 11.6 Å². The first-order chi connectivity index (χ1) is 12.7. The zero-order valence-electron chi connectivity index (χ0n) is 14.5. The van der Waals surface area contributed by atoms with Gasteiger partial charge >= 0.3 is 0 Å². The molecule has 0 N–H and O–H groups in total. The molecule has 0 amide bonds. The molecular formula is C19H17ClN6. The van der Waals surface area contributed by atoms with Crippen LogP contribution in [0.4, 0.5) is 5.82 Å². The SMILES string of the molecule is CCN(C)c1nc2ccccc2c(-c2ccccc2Cl)c1-n1cnnn1. The van der Waals surface area contributed by atoms with Gasteiger partial charge in [-0.05, 0) is 29.5 Å². The molecule has 0 saturated carbocycles. The Kier molecular flexibility index (Phi) is 4.26. The molecule has 0 fully saturated rings. The Labute approximate surface area is 156 Å². The summed E-state index contributed by atoms with van der Waals surface area (Å²) in [6.45, 7) is 2.87. The highest BCUT2D eigenvalue weighted by molar-refractivity contribution is 6.34. The summed E-state index contributed by atoms with van der Waals surface area (Å²) in [4.78, 5) is 6.96. The van der Waals surface area contributed by atoms with Crippen LogP contribution in [0.3, 0.4) is 0 Å². The van der Waals surface area contributed by atoms with E-state index in [2.05, 4.69) is 27.3 Å². The molecule has 0 saturated heterocycles. The molecule has 2 heterocycles. The van der Waals surface area contributed by atoms with Crippen LogP contribution in [0.2, 0.25) is 5.02 Å². The number of tetrazole rings is 1. The maximum absolute atomic E-state index is 6.56. The van der Waals surface area contributed by atoms with E-state index in [1.54, 1.807) is 11.0 Å². The molecule has 26 heavy (non-hydrogen) atoms. The largest absolute Gasteiger partial charge is 0.358 e. The molecule has 6 nitrogen and oxygen atoms in total. The average molecular weight is 365 g/mol. The number of nitrogens with zero attached hydrogens (tertiary/aromatic N) is 6. The van der Waals surface area contributed by atoms with Gasteiger partial charge < -0.3 is 4.90 Å². The molecule has 0 aliphatic carbocycles. The third-order valence-corrected chi connectivity index (χ3v) is 4.74. The normalized spacial score (nSPS) is 11.0. The van der Waals surface area contributed by atoms with Gasteiger partial charge in [0, 0.05) is 35.1 Å². The van der Waals surface area contributed by atoms with Gasteiger partial charge in [0.15, 0.2) is 5.82 Å². The lowest BCUT2D eigenvalue weighted by molar-refractivity contribution is 0.782. The summed E-state index contributed by atoms with van der Waals surface area (Å²) >= 11 is 6.56.